The molecule has 7 nitrogen and oxygen atoms in total. The molecule has 0 bridgehead atoms. The SMILES string of the molecule is CCCn1c(C)nc2cc(NC(=O)c3cnn4cc(C)cnc34)ccc21. The van der Waals surface area contributed by atoms with Crippen LogP contribution in [0.2, 0.25) is 0 Å². The summed E-state index contributed by atoms with van der Waals surface area (Å²) in [7, 11) is 0. The van der Waals surface area contributed by atoms with E-state index in [1.165, 1.54) is 6.20 Å². The molecule has 7 heteroatoms. The lowest BCUT2D eigenvalue weighted by Gasteiger charge is -2.06. The molecular formula is C19H20N6O. The number of aromatic nitrogens is 5. The number of aryl methyl sites for hydroxylation is 3. The summed E-state index contributed by atoms with van der Waals surface area (Å²) >= 11 is 0. The van der Waals surface area contributed by atoms with Crippen LogP contribution in [-0.2, 0) is 6.54 Å². The van der Waals surface area contributed by atoms with Gasteiger partial charge in [0.2, 0.25) is 0 Å². The molecule has 1 aromatic carbocycles. The Hall–Kier alpha value is -3.22. The molecule has 0 saturated heterocycles. The van der Waals surface area contributed by atoms with Crippen LogP contribution in [0.15, 0.2) is 36.8 Å². The number of nitrogens with one attached hydrogen (secondary N) is 1. The zero-order valence-electron chi connectivity index (χ0n) is 15.0. The van der Waals surface area contributed by atoms with Crippen molar-refractivity contribution in [2.75, 3.05) is 5.32 Å². The molecule has 0 aliphatic rings. The first-order chi connectivity index (χ1) is 12.6. The van der Waals surface area contributed by atoms with E-state index in [9.17, 15) is 4.79 Å². The molecule has 4 aromatic rings. The molecule has 3 aromatic heterocycles. The summed E-state index contributed by atoms with van der Waals surface area (Å²) in [6, 6.07) is 5.80. The van der Waals surface area contributed by atoms with Crippen LogP contribution in [0.3, 0.4) is 0 Å². The van der Waals surface area contributed by atoms with Gasteiger partial charge in [-0.2, -0.15) is 5.10 Å². The number of benzene rings is 1. The Morgan fingerprint density at radius 1 is 1.23 bits per heavy atom. The minimum atomic E-state index is -0.236. The van der Waals surface area contributed by atoms with Crippen molar-refractivity contribution in [2.24, 2.45) is 0 Å². The third-order valence-corrected chi connectivity index (χ3v) is 4.37. The Kier molecular flexibility index (Phi) is 3.91. The van der Waals surface area contributed by atoms with Crippen LogP contribution in [0.25, 0.3) is 16.7 Å². The lowest BCUT2D eigenvalue weighted by Crippen LogP contribution is -2.12. The van der Waals surface area contributed by atoms with Crippen molar-refractivity contribution in [1.29, 1.82) is 0 Å². The second-order valence-electron chi connectivity index (χ2n) is 6.43. The van der Waals surface area contributed by atoms with Crippen molar-refractivity contribution in [3.05, 3.63) is 53.7 Å². The summed E-state index contributed by atoms with van der Waals surface area (Å²) in [5.41, 5.74) is 4.62. The number of hydrogen-bond acceptors (Lipinski definition) is 4. The minimum Gasteiger partial charge on any atom is -0.328 e. The Balaban J connectivity index is 1.64. The minimum absolute atomic E-state index is 0.236. The first kappa shape index (κ1) is 16.3. The quantitative estimate of drug-likeness (QED) is 0.613. The fraction of sp³-hybridized carbons (Fsp3) is 0.263. The number of carbonyl (C=O) groups is 1. The highest BCUT2D eigenvalue weighted by atomic mass is 16.1. The van der Waals surface area contributed by atoms with Crippen LogP contribution in [0.1, 0.15) is 35.1 Å². The van der Waals surface area contributed by atoms with Gasteiger partial charge in [-0.15, -0.1) is 0 Å². The van der Waals surface area contributed by atoms with Crippen LogP contribution in [0.4, 0.5) is 5.69 Å². The highest BCUT2D eigenvalue weighted by Gasteiger charge is 2.15. The maximum absolute atomic E-state index is 12.7. The Morgan fingerprint density at radius 3 is 2.88 bits per heavy atom. The van der Waals surface area contributed by atoms with Crippen molar-refractivity contribution in [2.45, 2.75) is 33.7 Å². The summed E-state index contributed by atoms with van der Waals surface area (Å²) < 4.78 is 3.81. The van der Waals surface area contributed by atoms with E-state index in [1.807, 2.05) is 38.2 Å². The van der Waals surface area contributed by atoms with Crippen LogP contribution in [0.5, 0.6) is 0 Å². The van der Waals surface area contributed by atoms with Crippen LogP contribution >= 0.6 is 0 Å². The van der Waals surface area contributed by atoms with Crippen molar-refractivity contribution in [3.63, 3.8) is 0 Å². The maximum atomic E-state index is 12.7. The van der Waals surface area contributed by atoms with E-state index in [4.69, 9.17) is 0 Å². The monoisotopic (exact) mass is 348 g/mol. The Labute approximate surface area is 150 Å². The van der Waals surface area contributed by atoms with E-state index in [0.717, 1.165) is 35.4 Å². The molecular weight excluding hydrogens is 328 g/mol. The zero-order valence-corrected chi connectivity index (χ0v) is 15.0. The van der Waals surface area contributed by atoms with Crippen LogP contribution in [0, 0.1) is 13.8 Å². The van der Waals surface area contributed by atoms with Crippen LogP contribution in [-0.4, -0.2) is 30.1 Å². The zero-order chi connectivity index (χ0) is 18.3. The fourth-order valence-corrected chi connectivity index (χ4v) is 3.16. The van der Waals surface area contributed by atoms with Crippen molar-refractivity contribution >= 4 is 28.3 Å². The molecule has 0 atom stereocenters. The van der Waals surface area contributed by atoms with Gasteiger partial charge >= 0.3 is 0 Å². The molecule has 0 aliphatic heterocycles. The molecule has 1 N–H and O–H groups in total. The van der Waals surface area contributed by atoms with Gasteiger partial charge in [-0.1, -0.05) is 6.92 Å². The third kappa shape index (κ3) is 2.71. The molecule has 0 spiro atoms. The Bertz CT molecular complexity index is 1120. The number of fused-ring (bicyclic) bond motifs is 2. The molecule has 0 fully saturated rings. The van der Waals surface area contributed by atoms with E-state index in [1.54, 1.807) is 10.7 Å². The largest absolute Gasteiger partial charge is 0.328 e. The first-order valence-electron chi connectivity index (χ1n) is 8.65. The summed E-state index contributed by atoms with van der Waals surface area (Å²) in [5, 5.41) is 7.13. The van der Waals surface area contributed by atoms with Gasteiger partial charge in [-0.3, -0.25) is 4.79 Å². The standard InChI is InChI=1S/C19H20N6O/c1-4-7-24-13(3)22-16-8-14(5-6-17(16)24)23-19(26)15-10-21-25-11-12(2)9-20-18(15)25/h5-6,8-11H,4,7H2,1-3H3,(H,23,26). The average Bonchev–Trinajstić information content (AvgIpc) is 3.16. The molecule has 1 amide bonds. The third-order valence-electron chi connectivity index (χ3n) is 4.37. The number of nitrogens with zero attached hydrogens (tertiary/aromatic N) is 5. The molecule has 0 unspecified atom stereocenters. The average molecular weight is 348 g/mol. The molecule has 132 valence electrons. The number of imidazole rings is 1. The smallest absolute Gasteiger partial charge is 0.261 e. The van der Waals surface area contributed by atoms with Gasteiger partial charge in [0.05, 0.1) is 17.2 Å². The molecule has 0 aliphatic carbocycles. The van der Waals surface area contributed by atoms with Crippen molar-refractivity contribution in [3.8, 4) is 0 Å². The summed E-state index contributed by atoms with van der Waals surface area (Å²) in [5.74, 6) is 0.743. The van der Waals surface area contributed by atoms with E-state index in [2.05, 4.69) is 31.9 Å². The first-order valence-corrected chi connectivity index (χ1v) is 8.65. The number of hydrogen-bond donors (Lipinski definition) is 1. The second kappa shape index (κ2) is 6.25. The van der Waals surface area contributed by atoms with E-state index in [-0.39, 0.29) is 5.91 Å². The van der Waals surface area contributed by atoms with E-state index >= 15 is 0 Å². The predicted octanol–water partition coefficient (Wildman–Crippen LogP) is 3.36. The maximum Gasteiger partial charge on any atom is 0.261 e. The highest BCUT2D eigenvalue weighted by Crippen LogP contribution is 2.21. The van der Waals surface area contributed by atoms with Gasteiger partial charge in [0.1, 0.15) is 11.4 Å². The molecule has 0 radical (unpaired) electrons. The summed E-state index contributed by atoms with van der Waals surface area (Å²) in [6.07, 6.45) is 6.15. The van der Waals surface area contributed by atoms with E-state index < -0.39 is 0 Å². The predicted molar refractivity (Wildman–Crippen MR) is 100 cm³/mol. The van der Waals surface area contributed by atoms with Gasteiger partial charge in [-0.25, -0.2) is 14.5 Å². The van der Waals surface area contributed by atoms with Crippen molar-refractivity contribution in [1.82, 2.24) is 24.1 Å². The van der Waals surface area contributed by atoms with Gasteiger partial charge < -0.3 is 9.88 Å². The highest BCUT2D eigenvalue weighted by molar-refractivity contribution is 6.08. The number of rotatable bonds is 4. The van der Waals surface area contributed by atoms with Crippen molar-refractivity contribution < 1.29 is 4.79 Å². The topological polar surface area (TPSA) is 77.1 Å². The van der Waals surface area contributed by atoms with Gasteiger partial charge in [0.15, 0.2) is 5.65 Å². The van der Waals surface area contributed by atoms with E-state index in [0.29, 0.717) is 16.9 Å². The second-order valence-corrected chi connectivity index (χ2v) is 6.43. The lowest BCUT2D eigenvalue weighted by molar-refractivity contribution is 0.102. The fourth-order valence-electron chi connectivity index (χ4n) is 3.16. The number of amides is 1. The Morgan fingerprint density at radius 2 is 2.08 bits per heavy atom. The summed E-state index contributed by atoms with van der Waals surface area (Å²) in [6.45, 7) is 7.01. The molecule has 26 heavy (non-hydrogen) atoms. The normalized spacial score (nSPS) is 11.3. The lowest BCUT2D eigenvalue weighted by atomic mass is 10.2. The molecule has 3 heterocycles. The number of anilines is 1. The number of carbonyl (C=O) groups excluding carboxylic acids is 1. The molecule has 4 rings (SSSR count). The molecule has 0 saturated carbocycles. The van der Waals surface area contributed by atoms with Gasteiger partial charge in [0, 0.05) is 24.6 Å². The summed E-state index contributed by atoms with van der Waals surface area (Å²) in [4.78, 5) is 21.6. The van der Waals surface area contributed by atoms with Crippen LogP contribution < -0.4 is 5.32 Å². The van der Waals surface area contributed by atoms with Gasteiger partial charge in [-0.05, 0) is 44.0 Å². The van der Waals surface area contributed by atoms with Gasteiger partial charge in [0.25, 0.3) is 5.91 Å².